The average Bonchev–Trinajstić information content (AvgIpc) is 2.17. The van der Waals surface area contributed by atoms with Crippen molar-refractivity contribution in [3.63, 3.8) is 0 Å². The summed E-state index contributed by atoms with van der Waals surface area (Å²) in [5.74, 6) is 0.793. The number of hydrogen-bond donors (Lipinski definition) is 1. The van der Waals surface area contributed by atoms with E-state index in [0.717, 1.165) is 18.6 Å². The fourth-order valence-electron chi connectivity index (χ4n) is 1.28. The van der Waals surface area contributed by atoms with E-state index in [-0.39, 0.29) is 6.10 Å². The van der Waals surface area contributed by atoms with Crippen LogP contribution in [0.15, 0.2) is 24.3 Å². The van der Waals surface area contributed by atoms with Crippen LogP contribution in [0.3, 0.4) is 0 Å². The Balaban J connectivity index is 2.57. The topological polar surface area (TPSA) is 35.2 Å². The summed E-state index contributed by atoms with van der Waals surface area (Å²) in [5, 5.41) is 0.690. The second-order valence-electron chi connectivity index (χ2n) is 3.22. The molecule has 1 aromatic rings. The number of rotatable bonds is 5. The van der Waals surface area contributed by atoms with Crippen molar-refractivity contribution in [3.8, 4) is 5.75 Å². The largest absolute Gasteiger partial charge is 0.489 e. The molecule has 0 heterocycles. The molecule has 0 fully saturated rings. The first kappa shape index (κ1) is 11.3. The summed E-state index contributed by atoms with van der Waals surface area (Å²) >= 11 is 5.84. The predicted molar refractivity (Wildman–Crippen MR) is 59.8 cm³/mol. The molecule has 2 nitrogen and oxygen atoms in total. The first-order valence-electron chi connectivity index (χ1n) is 4.88. The van der Waals surface area contributed by atoms with Crippen LogP contribution in [-0.4, -0.2) is 12.6 Å². The molecule has 0 aliphatic carbocycles. The Morgan fingerprint density at radius 1 is 1.50 bits per heavy atom. The Hall–Kier alpha value is -0.730. The standard InChI is InChI=1S/C11H16ClNO/c1-2-4-11(8-13)14-10-6-3-5-9(12)7-10/h3,5-7,11H,2,4,8,13H2,1H3. The highest BCUT2D eigenvalue weighted by molar-refractivity contribution is 6.30. The molecule has 14 heavy (non-hydrogen) atoms. The minimum atomic E-state index is 0.0958. The molecule has 1 rings (SSSR count). The molecule has 1 atom stereocenters. The monoisotopic (exact) mass is 213 g/mol. The van der Waals surface area contributed by atoms with Crippen LogP contribution in [0.25, 0.3) is 0 Å². The Labute approximate surface area is 90.0 Å². The average molecular weight is 214 g/mol. The molecule has 0 saturated heterocycles. The summed E-state index contributed by atoms with van der Waals surface area (Å²) in [6, 6.07) is 7.40. The lowest BCUT2D eigenvalue weighted by Crippen LogP contribution is -2.26. The third-order valence-electron chi connectivity index (χ3n) is 1.97. The SMILES string of the molecule is CCCC(CN)Oc1cccc(Cl)c1. The smallest absolute Gasteiger partial charge is 0.121 e. The van der Waals surface area contributed by atoms with Crippen LogP contribution >= 0.6 is 11.6 Å². The van der Waals surface area contributed by atoms with E-state index in [2.05, 4.69) is 6.92 Å². The molecule has 0 bridgehead atoms. The minimum Gasteiger partial charge on any atom is -0.489 e. The highest BCUT2D eigenvalue weighted by Crippen LogP contribution is 2.19. The third-order valence-corrected chi connectivity index (χ3v) is 2.21. The van der Waals surface area contributed by atoms with Gasteiger partial charge in [0.1, 0.15) is 11.9 Å². The van der Waals surface area contributed by atoms with Gasteiger partial charge in [0.2, 0.25) is 0 Å². The van der Waals surface area contributed by atoms with E-state index in [1.165, 1.54) is 0 Å². The Morgan fingerprint density at radius 3 is 2.86 bits per heavy atom. The summed E-state index contributed by atoms with van der Waals surface area (Å²) in [7, 11) is 0. The van der Waals surface area contributed by atoms with Crippen LogP contribution in [0.1, 0.15) is 19.8 Å². The van der Waals surface area contributed by atoms with Gasteiger partial charge in [0.25, 0.3) is 0 Å². The number of ether oxygens (including phenoxy) is 1. The van der Waals surface area contributed by atoms with Gasteiger partial charge in [-0.2, -0.15) is 0 Å². The molecule has 2 N–H and O–H groups in total. The van der Waals surface area contributed by atoms with Crippen molar-refractivity contribution in [2.75, 3.05) is 6.54 Å². The van der Waals surface area contributed by atoms with E-state index < -0.39 is 0 Å². The van der Waals surface area contributed by atoms with Crippen molar-refractivity contribution >= 4 is 11.6 Å². The minimum absolute atomic E-state index is 0.0958. The number of benzene rings is 1. The first-order chi connectivity index (χ1) is 6.76. The zero-order chi connectivity index (χ0) is 10.4. The number of hydrogen-bond acceptors (Lipinski definition) is 2. The maximum absolute atomic E-state index is 5.84. The van der Waals surface area contributed by atoms with Crippen LogP contribution in [0.4, 0.5) is 0 Å². The summed E-state index contributed by atoms with van der Waals surface area (Å²) in [5.41, 5.74) is 5.59. The lowest BCUT2D eigenvalue weighted by Gasteiger charge is -2.16. The Kier molecular flexibility index (Phi) is 4.77. The maximum atomic E-state index is 5.84. The molecule has 3 heteroatoms. The van der Waals surface area contributed by atoms with Gasteiger partial charge in [-0.25, -0.2) is 0 Å². The summed E-state index contributed by atoms with van der Waals surface area (Å²) in [6.45, 7) is 2.66. The van der Waals surface area contributed by atoms with Gasteiger partial charge in [-0.15, -0.1) is 0 Å². The van der Waals surface area contributed by atoms with Crippen LogP contribution in [0.5, 0.6) is 5.75 Å². The van der Waals surface area contributed by atoms with Crippen LogP contribution in [-0.2, 0) is 0 Å². The van der Waals surface area contributed by atoms with Crippen molar-refractivity contribution in [1.29, 1.82) is 0 Å². The van der Waals surface area contributed by atoms with E-state index in [1.54, 1.807) is 6.07 Å². The van der Waals surface area contributed by atoms with Gasteiger partial charge in [0.15, 0.2) is 0 Å². The second kappa shape index (κ2) is 5.89. The molecule has 0 amide bonds. The summed E-state index contributed by atoms with van der Waals surface area (Å²) in [4.78, 5) is 0. The van der Waals surface area contributed by atoms with Gasteiger partial charge in [-0.3, -0.25) is 0 Å². The van der Waals surface area contributed by atoms with Crippen molar-refractivity contribution in [2.45, 2.75) is 25.9 Å². The predicted octanol–water partition coefficient (Wildman–Crippen LogP) is 2.85. The lowest BCUT2D eigenvalue weighted by molar-refractivity contribution is 0.198. The Morgan fingerprint density at radius 2 is 2.29 bits per heavy atom. The highest BCUT2D eigenvalue weighted by atomic mass is 35.5. The molecule has 0 radical (unpaired) electrons. The molecule has 0 aliphatic rings. The zero-order valence-corrected chi connectivity index (χ0v) is 9.13. The van der Waals surface area contributed by atoms with E-state index in [1.807, 2.05) is 18.2 Å². The fourth-order valence-corrected chi connectivity index (χ4v) is 1.46. The van der Waals surface area contributed by atoms with Crippen LogP contribution < -0.4 is 10.5 Å². The van der Waals surface area contributed by atoms with Crippen molar-refractivity contribution < 1.29 is 4.74 Å². The first-order valence-corrected chi connectivity index (χ1v) is 5.26. The molecule has 0 aromatic heterocycles. The van der Waals surface area contributed by atoms with E-state index in [0.29, 0.717) is 11.6 Å². The van der Waals surface area contributed by atoms with E-state index >= 15 is 0 Å². The molecule has 0 spiro atoms. The summed E-state index contributed by atoms with van der Waals surface area (Å²) in [6.07, 6.45) is 2.14. The van der Waals surface area contributed by atoms with Gasteiger partial charge >= 0.3 is 0 Å². The fraction of sp³-hybridized carbons (Fsp3) is 0.455. The van der Waals surface area contributed by atoms with Gasteiger partial charge in [-0.1, -0.05) is 31.0 Å². The molecule has 78 valence electrons. The van der Waals surface area contributed by atoms with Gasteiger partial charge in [0.05, 0.1) is 0 Å². The number of halogens is 1. The lowest BCUT2D eigenvalue weighted by atomic mass is 10.2. The second-order valence-corrected chi connectivity index (χ2v) is 3.66. The van der Waals surface area contributed by atoms with Gasteiger partial charge < -0.3 is 10.5 Å². The summed E-state index contributed by atoms with van der Waals surface area (Å²) < 4.78 is 5.68. The van der Waals surface area contributed by atoms with Gasteiger partial charge in [-0.05, 0) is 24.6 Å². The highest BCUT2D eigenvalue weighted by Gasteiger charge is 2.06. The normalized spacial score (nSPS) is 12.5. The van der Waals surface area contributed by atoms with E-state index in [4.69, 9.17) is 22.1 Å². The molecule has 0 aliphatic heterocycles. The quantitative estimate of drug-likeness (QED) is 0.817. The van der Waals surface area contributed by atoms with Crippen molar-refractivity contribution in [1.82, 2.24) is 0 Å². The van der Waals surface area contributed by atoms with Crippen LogP contribution in [0.2, 0.25) is 5.02 Å². The van der Waals surface area contributed by atoms with Crippen LogP contribution in [0, 0.1) is 0 Å². The molecule has 0 saturated carbocycles. The molecular weight excluding hydrogens is 198 g/mol. The van der Waals surface area contributed by atoms with Crippen molar-refractivity contribution in [2.24, 2.45) is 5.73 Å². The zero-order valence-electron chi connectivity index (χ0n) is 8.37. The van der Waals surface area contributed by atoms with E-state index in [9.17, 15) is 0 Å². The van der Waals surface area contributed by atoms with Gasteiger partial charge in [0, 0.05) is 11.6 Å². The molecular formula is C11H16ClNO. The maximum Gasteiger partial charge on any atom is 0.121 e. The molecule has 1 unspecified atom stereocenters. The Bertz CT molecular complexity index is 278. The van der Waals surface area contributed by atoms with Crippen molar-refractivity contribution in [3.05, 3.63) is 29.3 Å². The molecule has 1 aromatic carbocycles. The third kappa shape index (κ3) is 3.56. The number of nitrogens with two attached hydrogens (primary N) is 1.